The molecule has 7 heteroatoms. The summed E-state index contributed by atoms with van der Waals surface area (Å²) in [5.41, 5.74) is 0. The highest BCUT2D eigenvalue weighted by Gasteiger charge is 2.13. The molecule has 0 spiro atoms. The number of fused-ring (bicyclic) bond motifs is 1. The van der Waals surface area contributed by atoms with Gasteiger partial charge in [0.05, 0.1) is 13.7 Å². The number of aliphatic hydroxyl groups excluding tert-OH is 1. The van der Waals surface area contributed by atoms with E-state index in [9.17, 15) is 5.11 Å². The van der Waals surface area contributed by atoms with Crippen molar-refractivity contribution < 1.29 is 14.6 Å². The fourth-order valence-electron chi connectivity index (χ4n) is 2.90. The average molecular weight is 414 g/mol. The molecule has 0 amide bonds. The van der Waals surface area contributed by atoms with Crippen molar-refractivity contribution in [1.29, 1.82) is 0 Å². The first-order chi connectivity index (χ1) is 14.1. The summed E-state index contributed by atoms with van der Waals surface area (Å²) in [6, 6.07) is 17.7. The number of hydrogen-bond acceptors (Lipinski definition) is 5. The van der Waals surface area contributed by atoms with Crippen LogP contribution in [-0.2, 0) is 0 Å². The summed E-state index contributed by atoms with van der Waals surface area (Å²) in [6.07, 6.45) is -0.703. The zero-order valence-electron chi connectivity index (χ0n) is 16.9. The number of para-hydroxylation sites is 2. The quantitative estimate of drug-likeness (QED) is 0.389. The molecule has 0 bridgehead atoms. The van der Waals surface area contributed by atoms with Gasteiger partial charge in [0.25, 0.3) is 0 Å². The Hall–Kier alpha value is -2.77. The van der Waals surface area contributed by atoms with E-state index in [0.717, 1.165) is 10.3 Å². The molecule has 0 aliphatic carbocycles. The third-order valence-electron chi connectivity index (χ3n) is 4.41. The van der Waals surface area contributed by atoms with Gasteiger partial charge in [0.1, 0.15) is 12.2 Å². The standard InChI is InChI=1S/C22H27N3O3S/c1-15(28-19-10-6-5-9-18(19)27-3)13-24-22(23-2)25-14-17(26)21-12-16-8-4-7-11-20(16)29-21/h4-12,15,17,26H,13-14H2,1-3H3,(H2,23,24,25). The minimum atomic E-state index is -0.604. The fourth-order valence-corrected chi connectivity index (χ4v) is 3.95. The first-order valence-corrected chi connectivity index (χ1v) is 10.3. The Morgan fingerprint density at radius 3 is 2.48 bits per heavy atom. The van der Waals surface area contributed by atoms with Crippen molar-refractivity contribution >= 4 is 27.4 Å². The summed E-state index contributed by atoms with van der Waals surface area (Å²) in [5, 5.41) is 18.1. The van der Waals surface area contributed by atoms with Gasteiger partial charge in [0.15, 0.2) is 17.5 Å². The van der Waals surface area contributed by atoms with Crippen molar-refractivity contribution in [2.24, 2.45) is 4.99 Å². The van der Waals surface area contributed by atoms with Crippen LogP contribution < -0.4 is 20.1 Å². The molecule has 1 heterocycles. The summed E-state index contributed by atoms with van der Waals surface area (Å²) in [4.78, 5) is 5.15. The number of ether oxygens (including phenoxy) is 2. The smallest absolute Gasteiger partial charge is 0.191 e. The molecule has 1 aromatic heterocycles. The maximum atomic E-state index is 10.5. The van der Waals surface area contributed by atoms with Crippen LogP contribution >= 0.6 is 11.3 Å². The van der Waals surface area contributed by atoms with Crippen LogP contribution in [0, 0.1) is 0 Å². The molecule has 2 unspecified atom stereocenters. The molecule has 3 aromatic rings. The minimum Gasteiger partial charge on any atom is -0.493 e. The van der Waals surface area contributed by atoms with E-state index in [1.165, 1.54) is 4.70 Å². The average Bonchev–Trinajstić information content (AvgIpc) is 3.18. The Kier molecular flexibility index (Phi) is 7.32. The van der Waals surface area contributed by atoms with Gasteiger partial charge in [-0.3, -0.25) is 4.99 Å². The van der Waals surface area contributed by atoms with E-state index in [4.69, 9.17) is 9.47 Å². The number of aliphatic hydroxyl groups is 1. The number of nitrogens with zero attached hydrogens (tertiary/aromatic N) is 1. The second kappa shape index (κ2) is 10.1. The van der Waals surface area contributed by atoms with E-state index in [1.54, 1.807) is 25.5 Å². The Bertz CT molecular complexity index is 924. The molecule has 3 N–H and O–H groups in total. The number of benzene rings is 2. The Labute approximate surface area is 175 Å². The number of rotatable bonds is 8. The van der Waals surface area contributed by atoms with E-state index in [-0.39, 0.29) is 6.10 Å². The molecular weight excluding hydrogens is 386 g/mol. The first-order valence-electron chi connectivity index (χ1n) is 9.51. The highest BCUT2D eigenvalue weighted by Crippen LogP contribution is 2.29. The summed E-state index contributed by atoms with van der Waals surface area (Å²) in [7, 11) is 3.33. The van der Waals surface area contributed by atoms with E-state index < -0.39 is 6.10 Å². The molecule has 29 heavy (non-hydrogen) atoms. The van der Waals surface area contributed by atoms with Gasteiger partial charge in [-0.1, -0.05) is 30.3 Å². The number of guanidine groups is 1. The van der Waals surface area contributed by atoms with Gasteiger partial charge in [0.2, 0.25) is 0 Å². The lowest BCUT2D eigenvalue weighted by atomic mass is 10.2. The first kappa shape index (κ1) is 21.0. The van der Waals surface area contributed by atoms with Crippen LogP contribution in [0.15, 0.2) is 59.6 Å². The molecule has 6 nitrogen and oxygen atoms in total. The summed E-state index contributed by atoms with van der Waals surface area (Å²) in [6.45, 7) is 2.89. The molecule has 0 aliphatic rings. The molecule has 2 aromatic carbocycles. The largest absolute Gasteiger partial charge is 0.493 e. The summed E-state index contributed by atoms with van der Waals surface area (Å²) in [5.74, 6) is 2.02. The zero-order chi connectivity index (χ0) is 20.6. The molecule has 3 rings (SSSR count). The molecule has 0 aliphatic heterocycles. The lowest BCUT2D eigenvalue weighted by Gasteiger charge is -2.19. The molecule has 154 valence electrons. The van der Waals surface area contributed by atoms with Crippen LogP contribution in [0.3, 0.4) is 0 Å². The molecule has 0 fully saturated rings. The van der Waals surface area contributed by atoms with Crippen molar-refractivity contribution in [3.63, 3.8) is 0 Å². The second-order valence-corrected chi connectivity index (χ2v) is 7.73. The van der Waals surface area contributed by atoms with Crippen LogP contribution in [0.2, 0.25) is 0 Å². The van der Waals surface area contributed by atoms with Crippen molar-refractivity contribution in [1.82, 2.24) is 10.6 Å². The topological polar surface area (TPSA) is 75.1 Å². The summed E-state index contributed by atoms with van der Waals surface area (Å²) < 4.78 is 12.4. The third-order valence-corrected chi connectivity index (χ3v) is 5.63. The maximum Gasteiger partial charge on any atom is 0.191 e. The van der Waals surface area contributed by atoms with Crippen LogP contribution in [0.1, 0.15) is 17.9 Å². The van der Waals surface area contributed by atoms with E-state index in [2.05, 4.69) is 27.8 Å². The van der Waals surface area contributed by atoms with Gasteiger partial charge in [0, 0.05) is 23.2 Å². The summed E-state index contributed by atoms with van der Waals surface area (Å²) >= 11 is 1.61. The third kappa shape index (κ3) is 5.62. The lowest BCUT2D eigenvalue weighted by molar-refractivity contribution is 0.184. The van der Waals surface area contributed by atoms with Crippen LogP contribution in [0.4, 0.5) is 0 Å². The van der Waals surface area contributed by atoms with Crippen LogP contribution in [-0.4, -0.2) is 44.4 Å². The monoisotopic (exact) mass is 413 g/mol. The normalized spacial score (nSPS) is 13.7. The van der Waals surface area contributed by atoms with Gasteiger partial charge in [-0.05, 0) is 36.6 Å². The Morgan fingerprint density at radius 2 is 1.76 bits per heavy atom. The number of nitrogens with one attached hydrogen (secondary N) is 2. The van der Waals surface area contributed by atoms with Crippen molar-refractivity contribution in [2.45, 2.75) is 19.1 Å². The van der Waals surface area contributed by atoms with Gasteiger partial charge >= 0.3 is 0 Å². The lowest BCUT2D eigenvalue weighted by Crippen LogP contribution is -2.43. The van der Waals surface area contributed by atoms with Crippen molar-refractivity contribution in [2.75, 3.05) is 27.2 Å². The van der Waals surface area contributed by atoms with Crippen molar-refractivity contribution in [3.05, 3.63) is 59.5 Å². The zero-order valence-corrected chi connectivity index (χ0v) is 17.7. The Morgan fingerprint density at radius 1 is 1.07 bits per heavy atom. The maximum absolute atomic E-state index is 10.5. The predicted molar refractivity (Wildman–Crippen MR) is 119 cm³/mol. The van der Waals surface area contributed by atoms with Crippen LogP contribution in [0.25, 0.3) is 10.1 Å². The predicted octanol–water partition coefficient (Wildman–Crippen LogP) is 3.58. The SMILES string of the molecule is CN=C(NCC(C)Oc1ccccc1OC)NCC(O)c1cc2ccccc2s1. The Balaban J connectivity index is 1.48. The molecule has 2 atom stereocenters. The van der Waals surface area contributed by atoms with Gasteiger partial charge in [-0.2, -0.15) is 0 Å². The highest BCUT2D eigenvalue weighted by atomic mass is 32.1. The van der Waals surface area contributed by atoms with E-state index in [1.807, 2.05) is 49.4 Å². The number of methoxy groups -OCH3 is 1. The van der Waals surface area contributed by atoms with Gasteiger partial charge < -0.3 is 25.2 Å². The highest BCUT2D eigenvalue weighted by molar-refractivity contribution is 7.19. The molecule has 0 radical (unpaired) electrons. The molecular formula is C22H27N3O3S. The number of thiophene rings is 1. The van der Waals surface area contributed by atoms with Crippen molar-refractivity contribution in [3.8, 4) is 11.5 Å². The van der Waals surface area contributed by atoms with E-state index in [0.29, 0.717) is 30.5 Å². The number of hydrogen-bond donors (Lipinski definition) is 3. The minimum absolute atomic E-state index is 0.0997. The fraction of sp³-hybridized carbons (Fsp3) is 0.318. The van der Waals surface area contributed by atoms with E-state index >= 15 is 0 Å². The van der Waals surface area contributed by atoms with Crippen LogP contribution in [0.5, 0.6) is 11.5 Å². The van der Waals surface area contributed by atoms with Gasteiger partial charge in [-0.25, -0.2) is 0 Å². The second-order valence-electron chi connectivity index (χ2n) is 6.62. The molecule has 0 saturated heterocycles. The number of aliphatic imine (C=N–C) groups is 1. The van der Waals surface area contributed by atoms with Gasteiger partial charge in [-0.15, -0.1) is 11.3 Å². The molecule has 0 saturated carbocycles.